The normalized spacial score (nSPS) is 15.1. The molecule has 0 radical (unpaired) electrons. The minimum absolute atomic E-state index is 0.118. The van der Waals surface area contributed by atoms with Crippen LogP contribution in [0.4, 0.5) is 0 Å². The number of rotatable bonds is 7. The molecule has 0 bridgehead atoms. The molecule has 0 unspecified atom stereocenters. The molecule has 2 aliphatic rings. The molecule has 42 heavy (non-hydrogen) atoms. The number of hydrogen-bond donors (Lipinski definition) is 0. The van der Waals surface area contributed by atoms with E-state index in [9.17, 15) is 4.79 Å². The van der Waals surface area contributed by atoms with Crippen LogP contribution in [0.5, 0.6) is 5.75 Å². The van der Waals surface area contributed by atoms with Crippen LogP contribution in [0.1, 0.15) is 65.3 Å². The fourth-order valence-electron chi connectivity index (χ4n) is 5.97. The zero-order valence-corrected chi connectivity index (χ0v) is 25.8. The Morgan fingerprint density at radius 1 is 0.833 bits per heavy atom. The molecule has 5 heteroatoms. The van der Waals surface area contributed by atoms with Crippen molar-refractivity contribution in [3.63, 3.8) is 0 Å². The van der Waals surface area contributed by atoms with Crippen molar-refractivity contribution in [1.29, 1.82) is 0 Å². The van der Waals surface area contributed by atoms with E-state index in [4.69, 9.17) is 9.72 Å². The van der Waals surface area contributed by atoms with E-state index >= 15 is 0 Å². The standard InChI is InChI=1S/C32H34N2O2.C5H11N/c1-4-24-12-13-26(20-31(24)36-3)25-14-16-30-28(19-25)29(32(35)34-17-5-6-18-34)21-27(33-30)15-11-23-9-7-22(2)8-10-23;1-6-4-2-3-5-6/h7-10,12-14,16,19-21H,4-6,11,15,17-18H2,1-3H3;2-5H2,1H3. The summed E-state index contributed by atoms with van der Waals surface area (Å²) < 4.78 is 5.63. The Morgan fingerprint density at radius 2 is 1.50 bits per heavy atom. The van der Waals surface area contributed by atoms with Gasteiger partial charge in [0.15, 0.2) is 0 Å². The molecule has 2 saturated heterocycles. The van der Waals surface area contributed by atoms with Crippen molar-refractivity contribution in [2.45, 2.75) is 58.8 Å². The molecule has 1 aromatic heterocycles. The van der Waals surface area contributed by atoms with Crippen LogP contribution < -0.4 is 4.74 Å². The van der Waals surface area contributed by atoms with Gasteiger partial charge in [-0.1, -0.05) is 55.0 Å². The largest absolute Gasteiger partial charge is 0.496 e. The van der Waals surface area contributed by atoms with Crippen molar-refractivity contribution in [2.24, 2.45) is 0 Å². The van der Waals surface area contributed by atoms with E-state index < -0.39 is 0 Å². The first-order valence-electron chi connectivity index (χ1n) is 15.6. The zero-order valence-electron chi connectivity index (χ0n) is 25.8. The van der Waals surface area contributed by atoms with Crippen molar-refractivity contribution in [3.8, 4) is 16.9 Å². The molecule has 5 nitrogen and oxygen atoms in total. The number of ether oxygens (including phenoxy) is 1. The molecule has 0 spiro atoms. The van der Waals surface area contributed by atoms with Crippen LogP contribution in [0.2, 0.25) is 0 Å². The molecule has 3 aromatic carbocycles. The number of aryl methyl sites for hydroxylation is 4. The van der Waals surface area contributed by atoms with E-state index in [1.54, 1.807) is 7.11 Å². The molecule has 6 rings (SSSR count). The van der Waals surface area contributed by atoms with E-state index in [0.717, 1.165) is 84.2 Å². The average molecular weight is 564 g/mol. The summed E-state index contributed by atoms with van der Waals surface area (Å²) in [5, 5.41) is 0.919. The average Bonchev–Trinajstić information content (AvgIpc) is 3.74. The lowest BCUT2D eigenvalue weighted by Crippen LogP contribution is -2.28. The van der Waals surface area contributed by atoms with Gasteiger partial charge in [0.2, 0.25) is 0 Å². The van der Waals surface area contributed by atoms with Gasteiger partial charge in [-0.2, -0.15) is 0 Å². The number of pyridine rings is 1. The van der Waals surface area contributed by atoms with Crippen LogP contribution in [-0.4, -0.2) is 61.0 Å². The third kappa shape index (κ3) is 7.19. The second-order valence-corrected chi connectivity index (χ2v) is 11.8. The van der Waals surface area contributed by atoms with Gasteiger partial charge in [-0.15, -0.1) is 0 Å². The molecular formula is C37H45N3O2. The van der Waals surface area contributed by atoms with Gasteiger partial charge >= 0.3 is 0 Å². The number of benzene rings is 3. The van der Waals surface area contributed by atoms with Crippen LogP contribution in [0.25, 0.3) is 22.0 Å². The highest BCUT2D eigenvalue weighted by Gasteiger charge is 2.23. The monoisotopic (exact) mass is 563 g/mol. The maximum absolute atomic E-state index is 13.6. The Bertz CT molecular complexity index is 1500. The Labute approximate surface area is 251 Å². The fourth-order valence-corrected chi connectivity index (χ4v) is 5.97. The van der Waals surface area contributed by atoms with Crippen LogP contribution in [0, 0.1) is 6.92 Å². The SMILES string of the molecule is CCc1ccc(-c2ccc3nc(CCc4ccc(C)cc4)cc(C(=O)N4CCCC4)c3c2)cc1OC.CN1CCCC1. The molecule has 4 aromatic rings. The summed E-state index contributed by atoms with van der Waals surface area (Å²) in [5.74, 6) is 1.01. The van der Waals surface area contributed by atoms with E-state index in [1.807, 2.05) is 11.0 Å². The predicted octanol–water partition coefficient (Wildman–Crippen LogP) is 7.51. The second-order valence-electron chi connectivity index (χ2n) is 11.8. The number of methoxy groups -OCH3 is 1. The van der Waals surface area contributed by atoms with Crippen LogP contribution in [-0.2, 0) is 19.3 Å². The number of fused-ring (bicyclic) bond motifs is 1. The first-order chi connectivity index (χ1) is 20.4. The summed E-state index contributed by atoms with van der Waals surface area (Å²) in [6, 6.07) is 23.3. The van der Waals surface area contributed by atoms with Gasteiger partial charge < -0.3 is 14.5 Å². The number of carbonyl (C=O) groups excluding carboxylic acids is 1. The summed E-state index contributed by atoms with van der Waals surface area (Å²) in [6.45, 7) is 8.53. The zero-order chi connectivity index (χ0) is 29.5. The minimum atomic E-state index is 0.118. The lowest BCUT2D eigenvalue weighted by molar-refractivity contribution is 0.0794. The van der Waals surface area contributed by atoms with Crippen LogP contribution in [0.3, 0.4) is 0 Å². The molecule has 0 atom stereocenters. The van der Waals surface area contributed by atoms with Gasteiger partial charge in [-0.05, 0) is 119 Å². The molecule has 0 aliphatic carbocycles. The lowest BCUT2D eigenvalue weighted by atomic mass is 9.97. The summed E-state index contributed by atoms with van der Waals surface area (Å²) in [7, 11) is 3.89. The first kappa shape index (κ1) is 29.8. The Balaban J connectivity index is 0.000000524. The van der Waals surface area contributed by atoms with Gasteiger partial charge in [-0.25, -0.2) is 0 Å². The van der Waals surface area contributed by atoms with Crippen molar-refractivity contribution in [3.05, 3.63) is 94.7 Å². The quantitative estimate of drug-likeness (QED) is 0.233. The Kier molecular flexibility index (Phi) is 9.91. The molecular weight excluding hydrogens is 518 g/mol. The third-order valence-electron chi connectivity index (χ3n) is 8.61. The molecule has 1 amide bonds. The Morgan fingerprint density at radius 3 is 2.14 bits per heavy atom. The number of carbonyl (C=O) groups is 1. The number of nitrogens with zero attached hydrogens (tertiary/aromatic N) is 3. The van der Waals surface area contributed by atoms with Crippen molar-refractivity contribution < 1.29 is 9.53 Å². The summed E-state index contributed by atoms with van der Waals surface area (Å²) in [5.41, 5.74) is 8.48. The second kappa shape index (κ2) is 14.0. The number of likely N-dealkylation sites (tertiary alicyclic amines) is 2. The van der Waals surface area contributed by atoms with E-state index in [1.165, 1.54) is 42.6 Å². The molecule has 220 valence electrons. The highest BCUT2D eigenvalue weighted by atomic mass is 16.5. The maximum atomic E-state index is 13.6. The van der Waals surface area contributed by atoms with Gasteiger partial charge in [0.05, 0.1) is 18.2 Å². The summed E-state index contributed by atoms with van der Waals surface area (Å²) in [6.07, 6.45) is 7.60. The van der Waals surface area contributed by atoms with Crippen LogP contribution >= 0.6 is 0 Å². The fraction of sp³-hybridized carbons (Fsp3) is 0.405. The summed E-state index contributed by atoms with van der Waals surface area (Å²) in [4.78, 5) is 23.0. The highest BCUT2D eigenvalue weighted by Crippen LogP contribution is 2.31. The van der Waals surface area contributed by atoms with Crippen molar-refractivity contribution in [2.75, 3.05) is 40.3 Å². The lowest BCUT2D eigenvalue weighted by Gasteiger charge is -2.18. The van der Waals surface area contributed by atoms with Gasteiger partial charge in [0, 0.05) is 24.2 Å². The molecule has 0 saturated carbocycles. The smallest absolute Gasteiger partial charge is 0.254 e. The van der Waals surface area contributed by atoms with Gasteiger partial charge in [-0.3, -0.25) is 9.78 Å². The first-order valence-corrected chi connectivity index (χ1v) is 15.6. The topological polar surface area (TPSA) is 45.7 Å². The number of amides is 1. The summed E-state index contributed by atoms with van der Waals surface area (Å²) >= 11 is 0. The van der Waals surface area contributed by atoms with Gasteiger partial charge in [0.1, 0.15) is 5.75 Å². The third-order valence-corrected chi connectivity index (χ3v) is 8.61. The Hall–Kier alpha value is -3.70. The van der Waals surface area contributed by atoms with Crippen molar-refractivity contribution in [1.82, 2.24) is 14.8 Å². The van der Waals surface area contributed by atoms with E-state index in [0.29, 0.717) is 0 Å². The highest BCUT2D eigenvalue weighted by molar-refractivity contribution is 6.07. The number of hydrogen-bond acceptors (Lipinski definition) is 4. The molecule has 2 fully saturated rings. The van der Waals surface area contributed by atoms with Crippen molar-refractivity contribution >= 4 is 16.8 Å². The predicted molar refractivity (Wildman–Crippen MR) is 174 cm³/mol. The van der Waals surface area contributed by atoms with E-state index in [2.05, 4.69) is 86.5 Å². The van der Waals surface area contributed by atoms with Crippen LogP contribution in [0.15, 0.2) is 66.7 Å². The molecule has 2 aliphatic heterocycles. The molecule has 3 heterocycles. The minimum Gasteiger partial charge on any atom is -0.496 e. The van der Waals surface area contributed by atoms with Gasteiger partial charge in [0.25, 0.3) is 5.91 Å². The number of aromatic nitrogens is 1. The van der Waals surface area contributed by atoms with E-state index in [-0.39, 0.29) is 5.91 Å². The maximum Gasteiger partial charge on any atom is 0.254 e. The molecule has 0 N–H and O–H groups in total.